The summed E-state index contributed by atoms with van der Waals surface area (Å²) in [6, 6.07) is 0. The molecule has 4 fully saturated rings. The Kier molecular flexibility index (Phi) is 4.38. The number of hydrogen-bond acceptors (Lipinski definition) is 4. The molecule has 0 radical (unpaired) electrons. The van der Waals surface area contributed by atoms with Gasteiger partial charge in [-0.15, -0.1) is 0 Å². The van der Waals surface area contributed by atoms with Crippen LogP contribution in [0.3, 0.4) is 0 Å². The van der Waals surface area contributed by atoms with Crippen LogP contribution in [0.4, 0.5) is 0 Å². The van der Waals surface area contributed by atoms with Crippen molar-refractivity contribution in [1.29, 1.82) is 0 Å². The van der Waals surface area contributed by atoms with E-state index in [1.54, 1.807) is 0 Å². The topological polar surface area (TPSA) is 66.8 Å². The van der Waals surface area contributed by atoms with Gasteiger partial charge in [0, 0.05) is 0 Å². The molecule has 0 aromatic heterocycles. The van der Waals surface area contributed by atoms with Crippen LogP contribution in [-0.4, -0.2) is 34.5 Å². The fourth-order valence-corrected chi connectivity index (χ4v) is 10.4. The molecule has 0 aromatic rings. The minimum atomic E-state index is -0.616. The van der Waals surface area contributed by atoms with Crippen LogP contribution in [0, 0.1) is 44.3 Å². The zero-order valence-corrected chi connectivity index (χ0v) is 22.2. The number of esters is 1. The van der Waals surface area contributed by atoms with E-state index >= 15 is 0 Å². The van der Waals surface area contributed by atoms with Gasteiger partial charge in [0.05, 0.1) is 12.2 Å². The van der Waals surface area contributed by atoms with Crippen LogP contribution in [0.2, 0.25) is 0 Å². The standard InChI is InChI=1S/C30H44O4/c1-25(2)16-18-17-8-9-20-27(5)12-11-21(31)26(3,4)19(27)10-13-29(20,7)28(17,6)14-15-30(18)23(22(25)32)34-24(30)33/h8-9,19-23,31-32H,10-16H2,1-7H3. The molecular weight excluding hydrogens is 424 g/mol. The SMILES string of the molecule is CC1(C)CC2=C3C=CC4C5(C)CCC(O)C(C)(C)C5CCC4(C)C3(C)CCC23C(=O)OC3C1O. The minimum Gasteiger partial charge on any atom is -0.457 e. The van der Waals surface area contributed by atoms with Gasteiger partial charge in [-0.2, -0.15) is 0 Å². The molecule has 3 saturated carbocycles. The van der Waals surface area contributed by atoms with E-state index in [9.17, 15) is 15.0 Å². The summed E-state index contributed by atoms with van der Waals surface area (Å²) in [5.41, 5.74) is 1.92. The van der Waals surface area contributed by atoms with Gasteiger partial charge in [-0.3, -0.25) is 4.79 Å². The van der Waals surface area contributed by atoms with Gasteiger partial charge < -0.3 is 14.9 Å². The van der Waals surface area contributed by atoms with E-state index in [1.165, 1.54) is 11.1 Å². The van der Waals surface area contributed by atoms with Gasteiger partial charge >= 0.3 is 5.97 Å². The van der Waals surface area contributed by atoms with Crippen molar-refractivity contribution in [3.8, 4) is 0 Å². The summed E-state index contributed by atoms with van der Waals surface area (Å²) in [6.07, 6.45) is 10.4. The number of fused-ring (bicyclic) bond motifs is 5. The third-order valence-electron chi connectivity index (χ3n) is 12.9. The lowest BCUT2D eigenvalue weighted by molar-refractivity contribution is -0.244. The molecule has 0 amide bonds. The first-order valence-corrected chi connectivity index (χ1v) is 13.7. The van der Waals surface area contributed by atoms with Crippen LogP contribution in [0.5, 0.6) is 0 Å². The molecule has 4 nitrogen and oxygen atoms in total. The van der Waals surface area contributed by atoms with Gasteiger partial charge in [0.25, 0.3) is 0 Å². The number of ether oxygens (including phenoxy) is 1. The van der Waals surface area contributed by atoms with E-state index < -0.39 is 17.6 Å². The van der Waals surface area contributed by atoms with Crippen molar-refractivity contribution in [1.82, 2.24) is 0 Å². The molecule has 34 heavy (non-hydrogen) atoms. The van der Waals surface area contributed by atoms with E-state index in [-0.39, 0.29) is 39.1 Å². The average molecular weight is 469 g/mol. The zero-order valence-electron chi connectivity index (χ0n) is 22.2. The van der Waals surface area contributed by atoms with Gasteiger partial charge in [0.15, 0.2) is 0 Å². The van der Waals surface area contributed by atoms with Crippen LogP contribution in [0.15, 0.2) is 23.3 Å². The first-order chi connectivity index (χ1) is 15.7. The molecule has 1 heterocycles. The number of aliphatic hydroxyl groups excluding tert-OH is 2. The summed E-state index contributed by atoms with van der Waals surface area (Å²) in [7, 11) is 0. The van der Waals surface area contributed by atoms with Gasteiger partial charge in [-0.05, 0) is 95.0 Å². The third-order valence-corrected chi connectivity index (χ3v) is 12.9. The highest BCUT2D eigenvalue weighted by molar-refractivity contribution is 5.89. The summed E-state index contributed by atoms with van der Waals surface area (Å²) >= 11 is 0. The second-order valence-corrected chi connectivity index (χ2v) is 14.9. The molecule has 9 atom stereocenters. The molecule has 6 aliphatic rings. The lowest BCUT2D eigenvalue weighted by Crippen LogP contribution is -2.71. The van der Waals surface area contributed by atoms with Gasteiger partial charge in [-0.25, -0.2) is 0 Å². The summed E-state index contributed by atoms with van der Waals surface area (Å²) in [6.45, 7) is 16.3. The highest BCUT2D eigenvalue weighted by atomic mass is 16.6. The summed E-state index contributed by atoms with van der Waals surface area (Å²) in [5, 5.41) is 22.0. The predicted octanol–water partition coefficient (Wildman–Crippen LogP) is 5.58. The Morgan fingerprint density at radius 1 is 0.941 bits per heavy atom. The number of rotatable bonds is 0. The van der Waals surface area contributed by atoms with Gasteiger partial charge in [0.1, 0.15) is 11.5 Å². The molecule has 4 heteroatoms. The van der Waals surface area contributed by atoms with Crippen LogP contribution in [0.1, 0.15) is 93.4 Å². The van der Waals surface area contributed by atoms with Crippen molar-refractivity contribution in [3.05, 3.63) is 23.3 Å². The average Bonchev–Trinajstić information content (AvgIpc) is 2.74. The van der Waals surface area contributed by atoms with E-state index in [2.05, 4.69) is 60.6 Å². The Balaban J connectivity index is 1.52. The van der Waals surface area contributed by atoms with Crippen LogP contribution in [0.25, 0.3) is 0 Å². The van der Waals surface area contributed by atoms with Crippen molar-refractivity contribution in [2.75, 3.05) is 0 Å². The van der Waals surface area contributed by atoms with E-state index in [4.69, 9.17) is 4.74 Å². The fraction of sp³-hybridized carbons (Fsp3) is 0.833. The van der Waals surface area contributed by atoms with Crippen LogP contribution >= 0.6 is 0 Å². The van der Waals surface area contributed by atoms with E-state index in [1.807, 2.05) is 0 Å². The Labute approximate surface area is 205 Å². The molecular formula is C30H44O4. The molecule has 1 spiro atoms. The highest BCUT2D eigenvalue weighted by Gasteiger charge is 2.73. The molecule has 1 saturated heterocycles. The first-order valence-electron chi connectivity index (χ1n) is 13.7. The summed E-state index contributed by atoms with van der Waals surface area (Å²) < 4.78 is 5.64. The number of carbonyl (C=O) groups excluding carboxylic acids is 1. The molecule has 188 valence electrons. The molecule has 0 aromatic carbocycles. The fourth-order valence-electron chi connectivity index (χ4n) is 10.4. The number of carbonyl (C=O) groups is 1. The lowest BCUT2D eigenvalue weighted by Gasteiger charge is -2.70. The van der Waals surface area contributed by atoms with Crippen molar-refractivity contribution >= 4 is 5.97 Å². The second kappa shape index (κ2) is 6.40. The Hall–Kier alpha value is -1.13. The van der Waals surface area contributed by atoms with Crippen molar-refractivity contribution in [3.63, 3.8) is 0 Å². The second-order valence-electron chi connectivity index (χ2n) is 14.9. The molecule has 5 aliphatic carbocycles. The maximum absolute atomic E-state index is 13.0. The third kappa shape index (κ3) is 2.32. The molecule has 2 N–H and O–H groups in total. The molecule has 9 unspecified atom stereocenters. The Morgan fingerprint density at radius 3 is 2.32 bits per heavy atom. The normalized spacial score (nSPS) is 54.5. The number of hydrogen-bond donors (Lipinski definition) is 2. The van der Waals surface area contributed by atoms with Crippen LogP contribution in [-0.2, 0) is 9.53 Å². The molecule has 6 rings (SSSR count). The van der Waals surface area contributed by atoms with E-state index in [0.717, 1.165) is 44.9 Å². The maximum Gasteiger partial charge on any atom is 0.320 e. The first kappa shape index (κ1) is 23.3. The van der Waals surface area contributed by atoms with Crippen LogP contribution < -0.4 is 0 Å². The quantitative estimate of drug-likeness (QED) is 0.456. The largest absolute Gasteiger partial charge is 0.457 e. The Bertz CT molecular complexity index is 1020. The molecule has 1 aliphatic heterocycles. The number of allylic oxidation sites excluding steroid dienone is 3. The van der Waals surface area contributed by atoms with Crippen molar-refractivity contribution in [2.24, 2.45) is 44.3 Å². The minimum absolute atomic E-state index is 0.0000214. The van der Waals surface area contributed by atoms with Gasteiger partial charge in [-0.1, -0.05) is 60.6 Å². The highest BCUT2D eigenvalue weighted by Crippen LogP contribution is 2.75. The number of aliphatic hydroxyl groups is 2. The maximum atomic E-state index is 13.0. The summed E-state index contributed by atoms with van der Waals surface area (Å²) in [5.74, 6) is 0.852. The van der Waals surface area contributed by atoms with Gasteiger partial charge in [0.2, 0.25) is 0 Å². The summed E-state index contributed by atoms with van der Waals surface area (Å²) in [4.78, 5) is 13.0. The van der Waals surface area contributed by atoms with Crippen molar-refractivity contribution in [2.45, 2.75) is 112 Å². The van der Waals surface area contributed by atoms with E-state index in [0.29, 0.717) is 11.8 Å². The lowest BCUT2D eigenvalue weighted by atomic mass is 9.35. The smallest absolute Gasteiger partial charge is 0.320 e. The molecule has 0 bridgehead atoms. The Morgan fingerprint density at radius 2 is 1.65 bits per heavy atom. The monoisotopic (exact) mass is 468 g/mol. The van der Waals surface area contributed by atoms with Crippen molar-refractivity contribution < 1.29 is 19.7 Å². The zero-order chi connectivity index (χ0) is 24.7. The predicted molar refractivity (Wildman–Crippen MR) is 132 cm³/mol.